The molecule has 2 heterocycles. The molecule has 2 aliphatic rings. The Kier molecular flexibility index (Phi) is 3.70. The lowest BCUT2D eigenvalue weighted by molar-refractivity contribution is 0.472. The van der Waals surface area contributed by atoms with Gasteiger partial charge < -0.3 is 5.73 Å². The van der Waals surface area contributed by atoms with E-state index in [0.29, 0.717) is 26.2 Å². The van der Waals surface area contributed by atoms with Gasteiger partial charge in [0.1, 0.15) is 0 Å². The van der Waals surface area contributed by atoms with Crippen molar-refractivity contribution in [3.8, 4) is 0 Å². The lowest BCUT2D eigenvalue weighted by atomic mass is 9.98. The van der Waals surface area contributed by atoms with E-state index < -0.39 is 10.2 Å². The van der Waals surface area contributed by atoms with Crippen molar-refractivity contribution in [2.24, 2.45) is 5.73 Å². The third kappa shape index (κ3) is 2.21. The van der Waals surface area contributed by atoms with Gasteiger partial charge in [0.2, 0.25) is 0 Å². The molecule has 0 aromatic heterocycles. The van der Waals surface area contributed by atoms with Crippen molar-refractivity contribution in [2.45, 2.75) is 25.2 Å². The van der Waals surface area contributed by atoms with E-state index in [-0.39, 0.29) is 5.92 Å². The number of hydrogen-bond donors (Lipinski definition) is 1. The normalized spacial score (nSPS) is 23.2. The number of rotatable bonds is 4. The van der Waals surface area contributed by atoms with Crippen LogP contribution in [0.3, 0.4) is 0 Å². The fraction of sp³-hybridized carbons (Fsp3) is 0.571. The van der Waals surface area contributed by atoms with Crippen LogP contribution < -0.4 is 10.0 Å². The molecule has 0 saturated carbocycles. The summed E-state index contributed by atoms with van der Waals surface area (Å²) in [6.45, 7) is 2.39. The smallest absolute Gasteiger partial charge is 0.304 e. The van der Waals surface area contributed by atoms with E-state index in [1.54, 1.807) is 8.61 Å². The second-order valence-corrected chi connectivity index (χ2v) is 7.33. The molecule has 0 bridgehead atoms. The Labute approximate surface area is 120 Å². The average molecular weight is 295 g/mol. The summed E-state index contributed by atoms with van der Waals surface area (Å²) in [6.07, 6.45) is 2.74. The SMILES string of the molecule is NCCC1CN(S(=O)(=O)N2CCCC2)c2ccccc21. The molecule has 0 aliphatic carbocycles. The molecule has 1 atom stereocenters. The Balaban J connectivity index is 1.95. The number of hydrogen-bond acceptors (Lipinski definition) is 3. The summed E-state index contributed by atoms with van der Waals surface area (Å²) >= 11 is 0. The molecule has 110 valence electrons. The maximum absolute atomic E-state index is 12.8. The molecule has 6 heteroatoms. The fourth-order valence-electron chi connectivity index (χ4n) is 3.18. The third-order valence-corrected chi connectivity index (χ3v) is 6.14. The van der Waals surface area contributed by atoms with Crippen LogP contribution in [-0.4, -0.2) is 38.9 Å². The minimum Gasteiger partial charge on any atom is -0.330 e. The van der Waals surface area contributed by atoms with Crippen molar-refractivity contribution in [1.82, 2.24) is 4.31 Å². The zero-order chi connectivity index (χ0) is 14.2. The molecular weight excluding hydrogens is 274 g/mol. The summed E-state index contributed by atoms with van der Waals surface area (Å²) in [4.78, 5) is 0. The van der Waals surface area contributed by atoms with E-state index in [0.717, 1.165) is 30.5 Å². The highest BCUT2D eigenvalue weighted by molar-refractivity contribution is 7.90. The molecule has 1 unspecified atom stereocenters. The van der Waals surface area contributed by atoms with Crippen LogP contribution in [0.25, 0.3) is 0 Å². The molecule has 1 fully saturated rings. The largest absolute Gasteiger partial charge is 0.330 e. The summed E-state index contributed by atoms with van der Waals surface area (Å²) in [5.41, 5.74) is 7.61. The van der Waals surface area contributed by atoms with Crippen LogP contribution in [-0.2, 0) is 10.2 Å². The number of fused-ring (bicyclic) bond motifs is 1. The van der Waals surface area contributed by atoms with Gasteiger partial charge in [-0.05, 0) is 37.4 Å². The summed E-state index contributed by atoms with van der Waals surface area (Å²) in [7, 11) is -3.38. The summed E-state index contributed by atoms with van der Waals surface area (Å²) < 4.78 is 28.7. The minimum absolute atomic E-state index is 0.216. The maximum atomic E-state index is 12.8. The van der Waals surface area contributed by atoms with Gasteiger partial charge in [0.25, 0.3) is 0 Å². The standard InChI is InChI=1S/C14H21N3O2S/c15-8-7-12-11-17(14-6-2-1-5-13(12)14)20(18,19)16-9-3-4-10-16/h1-2,5-6,12H,3-4,7-11,15H2. The molecule has 1 aromatic rings. The first-order valence-corrected chi connectivity index (χ1v) is 8.61. The predicted molar refractivity (Wildman–Crippen MR) is 79.9 cm³/mol. The van der Waals surface area contributed by atoms with Crippen molar-refractivity contribution in [1.29, 1.82) is 0 Å². The molecular formula is C14H21N3O2S. The molecule has 3 rings (SSSR count). The van der Waals surface area contributed by atoms with Gasteiger partial charge >= 0.3 is 10.2 Å². The van der Waals surface area contributed by atoms with Crippen LogP contribution >= 0.6 is 0 Å². The molecule has 0 amide bonds. The topological polar surface area (TPSA) is 66.6 Å². The van der Waals surface area contributed by atoms with Crippen molar-refractivity contribution >= 4 is 15.9 Å². The Hall–Kier alpha value is -1.11. The first kappa shape index (κ1) is 13.9. The molecule has 1 aromatic carbocycles. The van der Waals surface area contributed by atoms with Crippen LogP contribution in [0.5, 0.6) is 0 Å². The highest BCUT2D eigenvalue weighted by Gasteiger charge is 2.39. The van der Waals surface area contributed by atoms with Gasteiger partial charge in [0.15, 0.2) is 0 Å². The van der Waals surface area contributed by atoms with Crippen molar-refractivity contribution in [3.05, 3.63) is 29.8 Å². The molecule has 1 saturated heterocycles. The average Bonchev–Trinajstić information content (AvgIpc) is 3.08. The van der Waals surface area contributed by atoms with E-state index in [1.165, 1.54) is 0 Å². The predicted octanol–water partition coefficient (Wildman–Crippen LogP) is 1.28. The number of para-hydroxylation sites is 1. The highest BCUT2D eigenvalue weighted by Crippen LogP contribution is 2.40. The Morgan fingerprint density at radius 1 is 1.20 bits per heavy atom. The second kappa shape index (κ2) is 5.35. The van der Waals surface area contributed by atoms with Crippen molar-refractivity contribution < 1.29 is 8.42 Å². The highest BCUT2D eigenvalue weighted by atomic mass is 32.2. The number of nitrogens with two attached hydrogens (primary N) is 1. The Bertz CT molecular complexity index is 582. The first-order valence-electron chi connectivity index (χ1n) is 7.21. The molecule has 20 heavy (non-hydrogen) atoms. The zero-order valence-corrected chi connectivity index (χ0v) is 12.3. The Morgan fingerprint density at radius 2 is 1.90 bits per heavy atom. The Morgan fingerprint density at radius 3 is 2.60 bits per heavy atom. The molecule has 0 radical (unpaired) electrons. The lowest BCUT2D eigenvalue weighted by Gasteiger charge is -2.25. The summed E-state index contributed by atoms with van der Waals surface area (Å²) in [5, 5.41) is 0. The minimum atomic E-state index is -3.38. The van der Waals surface area contributed by atoms with Gasteiger partial charge in [0.05, 0.1) is 5.69 Å². The molecule has 5 nitrogen and oxygen atoms in total. The second-order valence-electron chi connectivity index (χ2n) is 5.48. The van der Waals surface area contributed by atoms with Crippen LogP contribution in [0, 0.1) is 0 Å². The van der Waals surface area contributed by atoms with E-state index in [4.69, 9.17) is 5.73 Å². The van der Waals surface area contributed by atoms with Gasteiger partial charge in [-0.3, -0.25) is 4.31 Å². The fourth-order valence-corrected chi connectivity index (χ4v) is 4.96. The summed E-state index contributed by atoms with van der Waals surface area (Å²) in [5.74, 6) is 0.216. The lowest BCUT2D eigenvalue weighted by Crippen LogP contribution is -2.42. The van der Waals surface area contributed by atoms with E-state index in [2.05, 4.69) is 0 Å². The van der Waals surface area contributed by atoms with E-state index in [9.17, 15) is 8.42 Å². The van der Waals surface area contributed by atoms with Gasteiger partial charge in [0, 0.05) is 25.6 Å². The molecule has 2 aliphatic heterocycles. The van der Waals surface area contributed by atoms with Crippen molar-refractivity contribution in [2.75, 3.05) is 30.5 Å². The third-order valence-electron chi connectivity index (χ3n) is 4.22. The zero-order valence-electron chi connectivity index (χ0n) is 11.5. The van der Waals surface area contributed by atoms with Gasteiger partial charge in [-0.25, -0.2) is 0 Å². The van der Waals surface area contributed by atoms with Gasteiger partial charge in [-0.15, -0.1) is 0 Å². The van der Waals surface area contributed by atoms with Crippen LogP contribution in [0.4, 0.5) is 5.69 Å². The summed E-state index contributed by atoms with van der Waals surface area (Å²) in [6, 6.07) is 7.79. The molecule has 0 spiro atoms. The maximum Gasteiger partial charge on any atom is 0.304 e. The van der Waals surface area contributed by atoms with Crippen LogP contribution in [0.15, 0.2) is 24.3 Å². The first-order chi connectivity index (χ1) is 9.64. The monoisotopic (exact) mass is 295 g/mol. The van der Waals surface area contributed by atoms with Crippen LogP contribution in [0.1, 0.15) is 30.7 Å². The molecule has 2 N–H and O–H groups in total. The van der Waals surface area contributed by atoms with Crippen LogP contribution in [0.2, 0.25) is 0 Å². The number of benzene rings is 1. The van der Waals surface area contributed by atoms with Gasteiger partial charge in [-0.1, -0.05) is 18.2 Å². The van der Waals surface area contributed by atoms with Crippen molar-refractivity contribution in [3.63, 3.8) is 0 Å². The quantitative estimate of drug-likeness (QED) is 0.910. The van der Waals surface area contributed by atoms with E-state index >= 15 is 0 Å². The van der Waals surface area contributed by atoms with Gasteiger partial charge in [-0.2, -0.15) is 12.7 Å². The number of anilines is 1. The number of nitrogens with zero attached hydrogens (tertiary/aromatic N) is 2. The van der Waals surface area contributed by atoms with E-state index in [1.807, 2.05) is 24.3 Å².